The van der Waals surface area contributed by atoms with Gasteiger partial charge in [-0.1, -0.05) is 18.6 Å². The van der Waals surface area contributed by atoms with Crippen molar-refractivity contribution in [3.63, 3.8) is 0 Å². The van der Waals surface area contributed by atoms with Gasteiger partial charge in [-0.3, -0.25) is 4.79 Å². The first kappa shape index (κ1) is 14.5. The van der Waals surface area contributed by atoms with Crippen LogP contribution in [-0.4, -0.2) is 29.9 Å². The Morgan fingerprint density at radius 2 is 2.26 bits per heavy atom. The van der Waals surface area contributed by atoms with Crippen LogP contribution < -0.4 is 5.73 Å². The molecule has 2 atom stereocenters. The number of nitrogens with two attached hydrogens (primary N) is 1. The molecule has 0 spiro atoms. The predicted octanol–water partition coefficient (Wildman–Crippen LogP) is 2.96. The molecule has 2 rings (SSSR count). The molecule has 0 saturated carbocycles. The van der Waals surface area contributed by atoms with Crippen LogP contribution in [0.25, 0.3) is 0 Å². The van der Waals surface area contributed by atoms with Gasteiger partial charge >= 0.3 is 0 Å². The third kappa shape index (κ3) is 3.00. The van der Waals surface area contributed by atoms with E-state index in [4.69, 9.17) is 5.73 Å². The van der Waals surface area contributed by atoms with Crippen molar-refractivity contribution in [2.75, 3.05) is 13.1 Å². The number of piperidine rings is 1. The summed E-state index contributed by atoms with van der Waals surface area (Å²) in [4.78, 5) is 14.7. The van der Waals surface area contributed by atoms with Gasteiger partial charge in [-0.2, -0.15) is 0 Å². The first-order valence-corrected chi connectivity index (χ1v) is 7.61. The average molecular weight is 325 g/mol. The summed E-state index contributed by atoms with van der Waals surface area (Å²) < 4.78 is 0.858. The highest BCUT2D eigenvalue weighted by Gasteiger charge is 2.31. The van der Waals surface area contributed by atoms with Crippen LogP contribution in [0.15, 0.2) is 22.7 Å². The summed E-state index contributed by atoms with van der Waals surface area (Å²) in [5.74, 6) is 0.573. The summed E-state index contributed by atoms with van der Waals surface area (Å²) in [5.41, 5.74) is 7.70. The van der Waals surface area contributed by atoms with Crippen molar-refractivity contribution in [3.8, 4) is 0 Å². The second-order valence-corrected chi connectivity index (χ2v) is 6.26. The van der Waals surface area contributed by atoms with Gasteiger partial charge in [0, 0.05) is 23.6 Å². The van der Waals surface area contributed by atoms with Gasteiger partial charge in [-0.25, -0.2) is 0 Å². The number of amides is 1. The van der Waals surface area contributed by atoms with Crippen LogP contribution in [0.5, 0.6) is 0 Å². The lowest BCUT2D eigenvalue weighted by atomic mass is 9.90. The number of halogens is 1. The third-order valence-corrected chi connectivity index (χ3v) is 4.66. The van der Waals surface area contributed by atoms with Gasteiger partial charge in [-0.15, -0.1) is 0 Å². The second-order valence-electron chi connectivity index (χ2n) is 5.40. The van der Waals surface area contributed by atoms with Crippen LogP contribution in [0.2, 0.25) is 0 Å². The van der Waals surface area contributed by atoms with Crippen molar-refractivity contribution < 1.29 is 4.79 Å². The van der Waals surface area contributed by atoms with Crippen LogP contribution in [0, 0.1) is 12.8 Å². The maximum atomic E-state index is 12.7. The largest absolute Gasteiger partial charge is 0.334 e. The highest BCUT2D eigenvalue weighted by Crippen LogP contribution is 2.27. The van der Waals surface area contributed by atoms with Crippen molar-refractivity contribution in [2.24, 2.45) is 11.7 Å². The predicted molar refractivity (Wildman–Crippen MR) is 81.2 cm³/mol. The third-order valence-electron chi connectivity index (χ3n) is 3.97. The van der Waals surface area contributed by atoms with Crippen LogP contribution in [-0.2, 0) is 0 Å². The number of benzene rings is 1. The molecule has 1 aliphatic heterocycles. The number of nitrogens with zero attached hydrogens (tertiary/aromatic N) is 1. The molecule has 19 heavy (non-hydrogen) atoms. The molecule has 1 fully saturated rings. The standard InChI is InChI=1S/C15H21BrN2O/c1-10-5-6-13(16)12(8-10)15(19)18-7-3-4-11(2)14(18)9-17/h5-6,8,11,14H,3-4,7,9,17H2,1-2H3/t11-,14?/m1/s1. The quantitative estimate of drug-likeness (QED) is 0.909. The Balaban J connectivity index is 2.29. The molecule has 4 heteroatoms. The number of aryl methyl sites for hydroxylation is 1. The monoisotopic (exact) mass is 324 g/mol. The molecule has 0 bridgehead atoms. The summed E-state index contributed by atoms with van der Waals surface area (Å²) >= 11 is 3.48. The van der Waals surface area contributed by atoms with Gasteiger partial charge in [0.1, 0.15) is 0 Å². The van der Waals surface area contributed by atoms with Gasteiger partial charge in [-0.05, 0) is 53.7 Å². The first-order chi connectivity index (χ1) is 9.04. The van der Waals surface area contributed by atoms with E-state index in [2.05, 4.69) is 22.9 Å². The smallest absolute Gasteiger partial charge is 0.255 e. The van der Waals surface area contributed by atoms with E-state index in [-0.39, 0.29) is 11.9 Å². The number of likely N-dealkylation sites (tertiary alicyclic amines) is 1. The van der Waals surface area contributed by atoms with E-state index in [9.17, 15) is 4.79 Å². The van der Waals surface area contributed by atoms with E-state index < -0.39 is 0 Å². The van der Waals surface area contributed by atoms with Gasteiger partial charge in [0.2, 0.25) is 0 Å². The van der Waals surface area contributed by atoms with Crippen molar-refractivity contribution >= 4 is 21.8 Å². The van der Waals surface area contributed by atoms with Crippen molar-refractivity contribution in [1.29, 1.82) is 0 Å². The van der Waals surface area contributed by atoms with Crippen LogP contribution in [0.1, 0.15) is 35.7 Å². The van der Waals surface area contributed by atoms with E-state index in [0.29, 0.717) is 12.5 Å². The number of carbonyl (C=O) groups is 1. The zero-order chi connectivity index (χ0) is 14.0. The Morgan fingerprint density at radius 3 is 2.95 bits per heavy atom. The van der Waals surface area contributed by atoms with Gasteiger partial charge in [0.05, 0.1) is 5.56 Å². The summed E-state index contributed by atoms with van der Waals surface area (Å²) in [5, 5.41) is 0. The summed E-state index contributed by atoms with van der Waals surface area (Å²) in [6.45, 7) is 5.53. The van der Waals surface area contributed by atoms with Crippen molar-refractivity contribution in [3.05, 3.63) is 33.8 Å². The van der Waals surface area contributed by atoms with Crippen LogP contribution in [0.3, 0.4) is 0 Å². The fourth-order valence-electron chi connectivity index (χ4n) is 2.82. The molecule has 2 N–H and O–H groups in total. The lowest BCUT2D eigenvalue weighted by Crippen LogP contribution is -2.51. The molecule has 1 saturated heterocycles. The maximum absolute atomic E-state index is 12.7. The fourth-order valence-corrected chi connectivity index (χ4v) is 3.23. The van der Waals surface area contributed by atoms with Gasteiger partial charge in [0.15, 0.2) is 0 Å². The molecule has 1 aliphatic rings. The zero-order valence-corrected chi connectivity index (χ0v) is 13.1. The zero-order valence-electron chi connectivity index (χ0n) is 11.5. The minimum Gasteiger partial charge on any atom is -0.334 e. The minimum atomic E-state index is 0.0950. The number of carbonyl (C=O) groups excluding carboxylic acids is 1. The highest BCUT2D eigenvalue weighted by atomic mass is 79.9. The number of hydrogen-bond donors (Lipinski definition) is 1. The lowest BCUT2D eigenvalue weighted by molar-refractivity contribution is 0.0531. The lowest BCUT2D eigenvalue weighted by Gasteiger charge is -2.39. The summed E-state index contributed by atoms with van der Waals surface area (Å²) in [7, 11) is 0. The Labute approximate surface area is 123 Å². The molecule has 1 unspecified atom stereocenters. The SMILES string of the molecule is Cc1ccc(Br)c(C(=O)N2CCC[C@@H](C)C2CN)c1. The maximum Gasteiger partial charge on any atom is 0.255 e. The van der Waals surface area contributed by atoms with E-state index >= 15 is 0 Å². The Hall–Kier alpha value is -0.870. The van der Waals surface area contributed by atoms with Gasteiger partial charge in [0.25, 0.3) is 5.91 Å². The average Bonchev–Trinajstić information content (AvgIpc) is 2.40. The molecular formula is C15H21BrN2O. The van der Waals surface area contributed by atoms with Crippen LogP contribution >= 0.6 is 15.9 Å². The topological polar surface area (TPSA) is 46.3 Å². The van der Waals surface area contributed by atoms with E-state index in [1.807, 2.05) is 30.0 Å². The molecule has 0 aliphatic carbocycles. The Morgan fingerprint density at radius 1 is 1.53 bits per heavy atom. The van der Waals surface area contributed by atoms with Crippen molar-refractivity contribution in [1.82, 2.24) is 4.90 Å². The number of rotatable bonds is 2. The van der Waals surface area contributed by atoms with Gasteiger partial charge < -0.3 is 10.6 Å². The fraction of sp³-hybridized carbons (Fsp3) is 0.533. The van der Waals surface area contributed by atoms with E-state index in [1.165, 1.54) is 0 Å². The minimum absolute atomic E-state index is 0.0950. The summed E-state index contributed by atoms with van der Waals surface area (Å²) in [6, 6.07) is 6.04. The second kappa shape index (κ2) is 6.06. The number of hydrogen-bond acceptors (Lipinski definition) is 2. The normalized spacial score (nSPS) is 23.5. The molecule has 0 aromatic heterocycles. The highest BCUT2D eigenvalue weighted by molar-refractivity contribution is 9.10. The molecule has 3 nitrogen and oxygen atoms in total. The molecule has 1 aromatic carbocycles. The molecule has 0 radical (unpaired) electrons. The van der Waals surface area contributed by atoms with E-state index in [0.717, 1.165) is 35.0 Å². The molecule has 1 aromatic rings. The van der Waals surface area contributed by atoms with Crippen molar-refractivity contribution in [2.45, 2.75) is 32.7 Å². The summed E-state index contributed by atoms with van der Waals surface area (Å²) in [6.07, 6.45) is 2.22. The first-order valence-electron chi connectivity index (χ1n) is 6.81. The van der Waals surface area contributed by atoms with Crippen LogP contribution in [0.4, 0.5) is 0 Å². The molecule has 1 amide bonds. The van der Waals surface area contributed by atoms with E-state index in [1.54, 1.807) is 0 Å². The Kier molecular flexibility index (Phi) is 4.63. The molecule has 104 valence electrons. The molecular weight excluding hydrogens is 304 g/mol. The molecule has 1 heterocycles. The Bertz CT molecular complexity index is 475.